The van der Waals surface area contributed by atoms with Crippen molar-refractivity contribution in [2.45, 2.75) is 6.61 Å². The Labute approximate surface area is 132 Å². The van der Waals surface area contributed by atoms with E-state index >= 15 is 0 Å². The maximum absolute atomic E-state index is 5.87. The van der Waals surface area contributed by atoms with Crippen LogP contribution in [-0.2, 0) is 6.61 Å². The van der Waals surface area contributed by atoms with Gasteiger partial charge in [-0.25, -0.2) is 4.98 Å². The minimum atomic E-state index is 0.312. The molecule has 2 aromatic carbocycles. The normalized spacial score (nSPS) is 10.5. The van der Waals surface area contributed by atoms with Gasteiger partial charge < -0.3 is 9.47 Å². The molecule has 1 N–H and O–H groups in total. The van der Waals surface area contributed by atoms with Crippen molar-refractivity contribution in [3.05, 3.63) is 59.4 Å². The molecule has 0 amide bonds. The third kappa shape index (κ3) is 3.38. The van der Waals surface area contributed by atoms with Crippen LogP contribution in [0.3, 0.4) is 0 Å². The van der Waals surface area contributed by atoms with Crippen LogP contribution in [-0.4, -0.2) is 22.3 Å². The van der Waals surface area contributed by atoms with E-state index < -0.39 is 0 Å². The van der Waals surface area contributed by atoms with E-state index in [2.05, 4.69) is 15.2 Å². The predicted octanol–water partition coefficient (Wildman–Crippen LogP) is 3.71. The summed E-state index contributed by atoms with van der Waals surface area (Å²) in [5.74, 6) is 2.80. The van der Waals surface area contributed by atoms with Crippen molar-refractivity contribution in [3.63, 3.8) is 0 Å². The molecule has 3 rings (SSSR count). The SMILES string of the molecule is COc1ccc(OCc2nc(-c3ccc(Cl)cc3)n[nH]2)cc1. The second kappa shape index (κ2) is 6.49. The number of H-pyrrole nitrogens is 1. The topological polar surface area (TPSA) is 60.0 Å². The van der Waals surface area contributed by atoms with Gasteiger partial charge in [0.2, 0.25) is 0 Å². The van der Waals surface area contributed by atoms with Gasteiger partial charge in [0.05, 0.1) is 7.11 Å². The van der Waals surface area contributed by atoms with Crippen LogP contribution in [0.15, 0.2) is 48.5 Å². The Bertz CT molecular complexity index is 739. The quantitative estimate of drug-likeness (QED) is 0.779. The summed E-state index contributed by atoms with van der Waals surface area (Å²) in [5, 5.41) is 7.73. The predicted molar refractivity (Wildman–Crippen MR) is 84.2 cm³/mol. The highest BCUT2D eigenvalue weighted by Crippen LogP contribution is 2.19. The molecule has 3 aromatic rings. The average molecular weight is 316 g/mol. The number of nitrogens with zero attached hydrogens (tertiary/aromatic N) is 2. The molecule has 0 radical (unpaired) electrons. The Morgan fingerprint density at radius 3 is 2.36 bits per heavy atom. The van der Waals surface area contributed by atoms with Gasteiger partial charge >= 0.3 is 0 Å². The van der Waals surface area contributed by atoms with E-state index in [4.69, 9.17) is 21.1 Å². The van der Waals surface area contributed by atoms with E-state index in [-0.39, 0.29) is 0 Å². The van der Waals surface area contributed by atoms with Gasteiger partial charge in [0.25, 0.3) is 0 Å². The molecule has 1 aromatic heterocycles. The first-order valence-corrected chi connectivity index (χ1v) is 7.06. The van der Waals surface area contributed by atoms with Gasteiger partial charge in [-0.15, -0.1) is 0 Å². The first-order chi connectivity index (χ1) is 10.7. The average Bonchev–Trinajstić information content (AvgIpc) is 3.03. The number of ether oxygens (including phenoxy) is 2. The largest absolute Gasteiger partial charge is 0.497 e. The fourth-order valence-electron chi connectivity index (χ4n) is 1.91. The Morgan fingerprint density at radius 2 is 1.68 bits per heavy atom. The lowest BCUT2D eigenvalue weighted by atomic mass is 10.2. The van der Waals surface area contributed by atoms with Crippen molar-refractivity contribution in [2.75, 3.05) is 7.11 Å². The first kappa shape index (κ1) is 14.4. The van der Waals surface area contributed by atoms with Crippen LogP contribution in [0.1, 0.15) is 5.82 Å². The van der Waals surface area contributed by atoms with Gasteiger partial charge in [-0.3, -0.25) is 5.10 Å². The summed E-state index contributed by atoms with van der Waals surface area (Å²) in [6.07, 6.45) is 0. The Hall–Kier alpha value is -2.53. The van der Waals surface area contributed by atoms with Crippen LogP contribution >= 0.6 is 11.6 Å². The zero-order valence-corrected chi connectivity index (χ0v) is 12.7. The molecule has 0 aliphatic heterocycles. The van der Waals surface area contributed by atoms with Crippen molar-refractivity contribution in [3.8, 4) is 22.9 Å². The number of rotatable bonds is 5. The van der Waals surface area contributed by atoms with Crippen LogP contribution in [0.4, 0.5) is 0 Å². The number of nitrogens with one attached hydrogen (secondary N) is 1. The summed E-state index contributed by atoms with van der Waals surface area (Å²) < 4.78 is 10.7. The highest BCUT2D eigenvalue weighted by atomic mass is 35.5. The zero-order valence-electron chi connectivity index (χ0n) is 11.9. The summed E-state index contributed by atoms with van der Waals surface area (Å²) in [6.45, 7) is 0.312. The van der Waals surface area contributed by atoms with E-state index in [0.717, 1.165) is 17.1 Å². The van der Waals surface area contributed by atoms with Gasteiger partial charge in [0.1, 0.15) is 18.1 Å². The number of aromatic amines is 1. The van der Waals surface area contributed by atoms with Crippen LogP contribution < -0.4 is 9.47 Å². The van der Waals surface area contributed by atoms with E-state index in [0.29, 0.717) is 23.3 Å². The lowest BCUT2D eigenvalue weighted by Gasteiger charge is -2.04. The number of aromatic nitrogens is 3. The molecule has 0 unspecified atom stereocenters. The molecule has 0 spiro atoms. The molecular formula is C16H14ClN3O2. The molecule has 0 atom stereocenters. The molecule has 0 saturated heterocycles. The lowest BCUT2D eigenvalue weighted by Crippen LogP contribution is -1.97. The van der Waals surface area contributed by atoms with Gasteiger partial charge in [0.15, 0.2) is 11.6 Å². The number of hydrogen-bond donors (Lipinski definition) is 1. The standard InChI is InChI=1S/C16H14ClN3O2/c1-21-13-6-8-14(9-7-13)22-10-15-18-16(20-19-15)11-2-4-12(17)5-3-11/h2-9H,10H2,1H3,(H,18,19,20). The third-order valence-electron chi connectivity index (χ3n) is 3.07. The summed E-state index contributed by atoms with van der Waals surface area (Å²) in [4.78, 5) is 4.40. The van der Waals surface area contributed by atoms with Gasteiger partial charge in [-0.2, -0.15) is 5.10 Å². The molecule has 0 fully saturated rings. The summed E-state index contributed by atoms with van der Waals surface area (Å²) in [7, 11) is 1.63. The summed E-state index contributed by atoms with van der Waals surface area (Å²) in [5.41, 5.74) is 0.899. The molecular weight excluding hydrogens is 302 g/mol. The van der Waals surface area contributed by atoms with E-state index in [1.54, 1.807) is 19.2 Å². The highest BCUT2D eigenvalue weighted by Gasteiger charge is 2.06. The molecule has 22 heavy (non-hydrogen) atoms. The first-order valence-electron chi connectivity index (χ1n) is 6.68. The smallest absolute Gasteiger partial charge is 0.181 e. The van der Waals surface area contributed by atoms with Crippen molar-refractivity contribution < 1.29 is 9.47 Å². The van der Waals surface area contributed by atoms with Crippen LogP contribution in [0.2, 0.25) is 5.02 Å². The zero-order chi connectivity index (χ0) is 15.4. The third-order valence-corrected chi connectivity index (χ3v) is 3.32. The lowest BCUT2D eigenvalue weighted by molar-refractivity contribution is 0.296. The van der Waals surface area contributed by atoms with Gasteiger partial charge in [-0.1, -0.05) is 11.6 Å². The molecule has 0 bridgehead atoms. The molecule has 6 heteroatoms. The fraction of sp³-hybridized carbons (Fsp3) is 0.125. The maximum Gasteiger partial charge on any atom is 0.181 e. The number of methoxy groups -OCH3 is 1. The summed E-state index contributed by atoms with van der Waals surface area (Å²) in [6, 6.07) is 14.7. The molecule has 0 saturated carbocycles. The molecule has 112 valence electrons. The van der Waals surface area contributed by atoms with Crippen molar-refractivity contribution in [1.82, 2.24) is 15.2 Å². The van der Waals surface area contributed by atoms with E-state index in [1.807, 2.05) is 36.4 Å². The monoisotopic (exact) mass is 315 g/mol. The summed E-state index contributed by atoms with van der Waals surface area (Å²) >= 11 is 5.87. The maximum atomic E-state index is 5.87. The van der Waals surface area contributed by atoms with Gasteiger partial charge in [0, 0.05) is 10.6 Å². The van der Waals surface area contributed by atoms with Crippen LogP contribution in [0.5, 0.6) is 11.5 Å². The van der Waals surface area contributed by atoms with Crippen LogP contribution in [0, 0.1) is 0 Å². The molecule has 0 aliphatic rings. The Balaban J connectivity index is 1.65. The Kier molecular flexibility index (Phi) is 4.25. The second-order valence-corrected chi connectivity index (χ2v) is 5.01. The van der Waals surface area contributed by atoms with Crippen molar-refractivity contribution in [1.29, 1.82) is 0 Å². The fourth-order valence-corrected chi connectivity index (χ4v) is 2.04. The highest BCUT2D eigenvalue weighted by molar-refractivity contribution is 6.30. The number of benzene rings is 2. The molecule has 5 nitrogen and oxygen atoms in total. The van der Waals surface area contributed by atoms with E-state index in [9.17, 15) is 0 Å². The minimum absolute atomic E-state index is 0.312. The number of halogens is 1. The molecule has 0 aliphatic carbocycles. The van der Waals surface area contributed by atoms with Gasteiger partial charge in [-0.05, 0) is 48.5 Å². The van der Waals surface area contributed by atoms with E-state index in [1.165, 1.54) is 0 Å². The van der Waals surface area contributed by atoms with Crippen molar-refractivity contribution >= 4 is 11.6 Å². The number of hydrogen-bond acceptors (Lipinski definition) is 4. The van der Waals surface area contributed by atoms with Crippen LogP contribution in [0.25, 0.3) is 11.4 Å². The molecule has 1 heterocycles. The second-order valence-electron chi connectivity index (χ2n) is 4.58. The minimum Gasteiger partial charge on any atom is -0.497 e. The Morgan fingerprint density at radius 1 is 1.00 bits per heavy atom. The van der Waals surface area contributed by atoms with Crippen molar-refractivity contribution in [2.24, 2.45) is 0 Å².